The molecule has 0 heterocycles. The number of hydrogen-bond donors (Lipinski definition) is 1. The molecule has 0 saturated heterocycles. The van der Waals surface area contributed by atoms with Gasteiger partial charge < -0.3 is 10.3 Å². The number of rotatable bonds is 4. The van der Waals surface area contributed by atoms with Gasteiger partial charge in [0.1, 0.15) is 0 Å². The summed E-state index contributed by atoms with van der Waals surface area (Å²) in [5, 5.41) is 7.00. The minimum Gasteiger partial charge on any atom is -0.313 e. The molecule has 0 saturated carbocycles. The molecule has 0 fully saturated rings. The van der Waals surface area contributed by atoms with Crippen molar-refractivity contribution in [3.8, 4) is 0 Å². The summed E-state index contributed by atoms with van der Waals surface area (Å²) in [7, 11) is 4.07. The number of nitrogens with zero attached hydrogens (tertiary/aromatic N) is 1. The molecule has 0 aromatic rings. The Bertz CT molecular complexity index is 79.0. The van der Waals surface area contributed by atoms with Crippen LogP contribution in [0.4, 0.5) is 0 Å². The van der Waals surface area contributed by atoms with E-state index in [0.29, 0.717) is 5.92 Å². The highest BCUT2D eigenvalue weighted by molar-refractivity contribution is 5.56. The van der Waals surface area contributed by atoms with Crippen molar-refractivity contribution in [3.05, 3.63) is 0 Å². The Morgan fingerprint density at radius 3 is 2.22 bits per heavy atom. The fourth-order valence-corrected chi connectivity index (χ4v) is 0.769. The normalized spacial score (nSPS) is 13.8. The predicted molar refractivity (Wildman–Crippen MR) is 41.1 cm³/mol. The molecule has 0 aromatic carbocycles. The van der Waals surface area contributed by atoms with Crippen LogP contribution in [0.3, 0.4) is 0 Å². The van der Waals surface area contributed by atoms with Crippen molar-refractivity contribution in [1.82, 2.24) is 4.90 Å². The van der Waals surface area contributed by atoms with E-state index < -0.39 is 0 Å². The Balaban J connectivity index is 3.42. The minimum atomic E-state index is 0.444. The van der Waals surface area contributed by atoms with Gasteiger partial charge in [-0.1, -0.05) is 6.92 Å². The Hall–Kier alpha value is -0.370. The van der Waals surface area contributed by atoms with Gasteiger partial charge in [0.15, 0.2) is 0 Å². The van der Waals surface area contributed by atoms with E-state index in [9.17, 15) is 0 Å². The Morgan fingerprint density at radius 1 is 1.56 bits per heavy atom. The summed E-state index contributed by atoms with van der Waals surface area (Å²) < 4.78 is 0. The average molecular weight is 128 g/mol. The molecule has 0 spiro atoms. The second kappa shape index (κ2) is 4.50. The molecule has 0 aliphatic carbocycles. The third-order valence-corrected chi connectivity index (χ3v) is 1.36. The quantitative estimate of drug-likeness (QED) is 0.566. The van der Waals surface area contributed by atoms with Gasteiger partial charge in [-0.05, 0) is 26.7 Å². The van der Waals surface area contributed by atoms with E-state index in [1.54, 1.807) is 0 Å². The molecule has 0 aliphatic rings. The third kappa shape index (κ3) is 4.15. The molecular formula is C7H16N2. The Morgan fingerprint density at radius 2 is 2.11 bits per heavy atom. The molecule has 9 heavy (non-hydrogen) atoms. The zero-order chi connectivity index (χ0) is 7.28. The van der Waals surface area contributed by atoms with Gasteiger partial charge in [0, 0.05) is 12.5 Å². The van der Waals surface area contributed by atoms with Crippen molar-refractivity contribution in [1.29, 1.82) is 5.41 Å². The fourth-order valence-electron chi connectivity index (χ4n) is 0.769. The van der Waals surface area contributed by atoms with Gasteiger partial charge in [0.05, 0.1) is 0 Å². The Kier molecular flexibility index (Phi) is 4.32. The van der Waals surface area contributed by atoms with E-state index in [2.05, 4.69) is 11.8 Å². The van der Waals surface area contributed by atoms with Crippen LogP contribution in [0.1, 0.15) is 13.3 Å². The zero-order valence-corrected chi connectivity index (χ0v) is 6.52. The maximum absolute atomic E-state index is 7.00. The lowest BCUT2D eigenvalue weighted by atomic mass is 10.1. The second-order valence-corrected chi connectivity index (χ2v) is 2.60. The standard InChI is InChI=1S/C7H16N2/c1-4-7(5-8)6-9(2)3/h5,7-8H,4,6H2,1-3H3. The van der Waals surface area contributed by atoms with Crippen LogP contribution in [0.5, 0.6) is 0 Å². The van der Waals surface area contributed by atoms with Crippen LogP contribution in [0.15, 0.2) is 0 Å². The lowest BCUT2D eigenvalue weighted by Gasteiger charge is -2.14. The van der Waals surface area contributed by atoms with Crippen LogP contribution in [0.25, 0.3) is 0 Å². The summed E-state index contributed by atoms with van der Waals surface area (Å²) in [5.74, 6) is 0.444. The van der Waals surface area contributed by atoms with E-state index >= 15 is 0 Å². The fraction of sp³-hybridized carbons (Fsp3) is 0.857. The zero-order valence-electron chi connectivity index (χ0n) is 6.52. The molecule has 1 atom stereocenters. The molecule has 1 N–H and O–H groups in total. The molecule has 0 radical (unpaired) electrons. The van der Waals surface area contributed by atoms with Gasteiger partial charge in [-0.3, -0.25) is 0 Å². The highest BCUT2D eigenvalue weighted by Gasteiger charge is 2.01. The highest BCUT2D eigenvalue weighted by Crippen LogP contribution is 1.98. The second-order valence-electron chi connectivity index (χ2n) is 2.60. The molecule has 0 bridgehead atoms. The molecule has 1 unspecified atom stereocenters. The van der Waals surface area contributed by atoms with Gasteiger partial charge in [-0.25, -0.2) is 0 Å². The van der Waals surface area contributed by atoms with Crippen molar-refractivity contribution >= 4 is 6.21 Å². The first-order chi connectivity index (χ1) is 4.20. The summed E-state index contributed by atoms with van der Waals surface area (Å²) in [6.45, 7) is 3.11. The monoisotopic (exact) mass is 128 g/mol. The van der Waals surface area contributed by atoms with E-state index in [1.807, 2.05) is 14.1 Å². The first-order valence-electron chi connectivity index (χ1n) is 3.36. The van der Waals surface area contributed by atoms with E-state index in [1.165, 1.54) is 6.21 Å². The number of hydrogen-bond acceptors (Lipinski definition) is 2. The maximum atomic E-state index is 7.00. The van der Waals surface area contributed by atoms with Crippen molar-refractivity contribution in [3.63, 3.8) is 0 Å². The van der Waals surface area contributed by atoms with Crippen molar-refractivity contribution in [2.75, 3.05) is 20.6 Å². The van der Waals surface area contributed by atoms with Crippen LogP contribution in [-0.4, -0.2) is 31.8 Å². The maximum Gasteiger partial charge on any atom is 0.00599 e. The summed E-state index contributed by atoms with van der Waals surface area (Å²) in [5.41, 5.74) is 0. The van der Waals surface area contributed by atoms with Gasteiger partial charge in [0.2, 0.25) is 0 Å². The third-order valence-electron chi connectivity index (χ3n) is 1.36. The topological polar surface area (TPSA) is 27.1 Å². The van der Waals surface area contributed by atoms with Gasteiger partial charge >= 0.3 is 0 Å². The molecule has 0 aliphatic heterocycles. The van der Waals surface area contributed by atoms with Crippen LogP contribution < -0.4 is 0 Å². The summed E-state index contributed by atoms with van der Waals surface area (Å²) >= 11 is 0. The first-order valence-corrected chi connectivity index (χ1v) is 3.36. The minimum absolute atomic E-state index is 0.444. The van der Waals surface area contributed by atoms with Crippen LogP contribution in [0, 0.1) is 11.3 Å². The highest BCUT2D eigenvalue weighted by atomic mass is 15.1. The molecular weight excluding hydrogens is 112 g/mol. The van der Waals surface area contributed by atoms with Crippen LogP contribution >= 0.6 is 0 Å². The molecule has 2 heteroatoms. The van der Waals surface area contributed by atoms with Crippen molar-refractivity contribution in [2.24, 2.45) is 5.92 Å². The lowest BCUT2D eigenvalue weighted by Crippen LogP contribution is -2.21. The number of nitrogens with one attached hydrogen (secondary N) is 1. The van der Waals surface area contributed by atoms with Crippen molar-refractivity contribution in [2.45, 2.75) is 13.3 Å². The van der Waals surface area contributed by atoms with E-state index in [-0.39, 0.29) is 0 Å². The van der Waals surface area contributed by atoms with Gasteiger partial charge in [-0.15, -0.1) is 0 Å². The summed E-state index contributed by atoms with van der Waals surface area (Å²) in [4.78, 5) is 2.11. The molecule has 0 rings (SSSR count). The van der Waals surface area contributed by atoms with E-state index in [0.717, 1.165) is 13.0 Å². The summed E-state index contributed by atoms with van der Waals surface area (Å²) in [6, 6.07) is 0. The SMILES string of the molecule is CCC(C=N)CN(C)C. The van der Waals surface area contributed by atoms with Gasteiger partial charge in [0.25, 0.3) is 0 Å². The lowest BCUT2D eigenvalue weighted by molar-refractivity contribution is 0.367. The van der Waals surface area contributed by atoms with Crippen LogP contribution in [-0.2, 0) is 0 Å². The molecule has 2 nitrogen and oxygen atoms in total. The van der Waals surface area contributed by atoms with Crippen molar-refractivity contribution < 1.29 is 0 Å². The van der Waals surface area contributed by atoms with Crippen LogP contribution in [0.2, 0.25) is 0 Å². The smallest absolute Gasteiger partial charge is 0.00599 e. The Labute approximate surface area is 57.4 Å². The predicted octanol–water partition coefficient (Wildman–Crippen LogP) is 1.22. The first kappa shape index (κ1) is 8.63. The van der Waals surface area contributed by atoms with E-state index in [4.69, 9.17) is 5.41 Å². The summed E-state index contributed by atoms with van der Waals surface area (Å²) in [6.07, 6.45) is 2.60. The molecule has 0 aromatic heterocycles. The molecule has 54 valence electrons. The van der Waals surface area contributed by atoms with Gasteiger partial charge in [-0.2, -0.15) is 0 Å². The average Bonchev–Trinajstić information content (AvgIpc) is 1.82. The molecule has 0 amide bonds. The largest absolute Gasteiger partial charge is 0.313 e.